The van der Waals surface area contributed by atoms with Gasteiger partial charge in [0.15, 0.2) is 34.5 Å². The molecule has 41 heavy (non-hydrogen) atoms. The van der Waals surface area contributed by atoms with E-state index in [9.17, 15) is 43.1 Å². The quantitative estimate of drug-likeness (QED) is 0.153. The van der Waals surface area contributed by atoms with Gasteiger partial charge in [0.25, 0.3) is 0 Å². The van der Waals surface area contributed by atoms with Crippen LogP contribution in [-0.4, -0.2) is 36.5 Å². The van der Waals surface area contributed by atoms with Gasteiger partial charge in [0, 0.05) is 5.56 Å². The number of benzene rings is 3. The zero-order valence-corrected chi connectivity index (χ0v) is 24.8. The summed E-state index contributed by atoms with van der Waals surface area (Å²) in [5.41, 5.74) is 1.31. The molecule has 0 aliphatic rings. The average molecular weight is 636 g/mol. The molecule has 15 nitrogen and oxygen atoms in total. The predicted molar refractivity (Wildman–Crippen MR) is 143 cm³/mol. The van der Waals surface area contributed by atoms with Gasteiger partial charge in [-0.3, -0.25) is 29.4 Å². The Morgan fingerprint density at radius 3 is 1.61 bits per heavy atom. The highest BCUT2D eigenvalue weighted by atomic mass is 31.2. The maximum Gasteiger partial charge on any atom is 0.524 e. The van der Waals surface area contributed by atoms with Crippen LogP contribution in [0.5, 0.6) is 46.0 Å². The lowest BCUT2D eigenvalue weighted by molar-refractivity contribution is 0.269. The Hall–Kier alpha value is -3.09. The Kier molecular flexibility index (Phi) is 9.51. The monoisotopic (exact) mass is 636 g/mol. The topological polar surface area (TPSA) is 228 Å². The highest BCUT2D eigenvalue weighted by Crippen LogP contribution is 2.53. The van der Waals surface area contributed by atoms with Gasteiger partial charge in [-0.1, -0.05) is 12.1 Å². The van der Waals surface area contributed by atoms with Crippen LogP contribution in [0.1, 0.15) is 22.3 Å². The van der Waals surface area contributed by atoms with Gasteiger partial charge < -0.3 is 27.8 Å². The fourth-order valence-electron chi connectivity index (χ4n) is 3.69. The summed E-state index contributed by atoms with van der Waals surface area (Å²) >= 11 is 0. The van der Waals surface area contributed by atoms with Crippen molar-refractivity contribution >= 4 is 23.5 Å². The van der Waals surface area contributed by atoms with Crippen LogP contribution < -0.4 is 27.8 Å². The van der Waals surface area contributed by atoms with E-state index in [4.69, 9.17) is 27.8 Å². The normalized spacial score (nSPS) is 12.1. The molecule has 0 aliphatic heterocycles. The number of ether oxygens (including phenoxy) is 3. The summed E-state index contributed by atoms with van der Waals surface area (Å²) in [7, 11) is -14.0. The molecule has 0 bridgehead atoms. The second-order valence-corrected chi connectivity index (χ2v) is 12.1. The largest absolute Gasteiger partial charge is 0.524 e. The van der Waals surface area contributed by atoms with Crippen molar-refractivity contribution in [3.8, 4) is 46.0 Å². The van der Waals surface area contributed by atoms with E-state index in [-0.39, 0.29) is 51.4 Å². The van der Waals surface area contributed by atoms with Gasteiger partial charge in [0.2, 0.25) is 5.75 Å². The van der Waals surface area contributed by atoms with Crippen LogP contribution in [0.2, 0.25) is 0 Å². The van der Waals surface area contributed by atoms with Crippen molar-refractivity contribution in [1.29, 1.82) is 0 Å². The van der Waals surface area contributed by atoms with Crippen molar-refractivity contribution in [2.45, 2.75) is 27.7 Å². The van der Waals surface area contributed by atoms with Crippen molar-refractivity contribution in [1.82, 2.24) is 0 Å². The van der Waals surface area contributed by atoms with Gasteiger partial charge in [-0.15, -0.1) is 0 Å². The molecule has 0 aromatic heterocycles. The Morgan fingerprint density at radius 1 is 0.537 bits per heavy atom. The molecule has 0 amide bonds. The molecule has 0 aliphatic carbocycles. The third kappa shape index (κ3) is 8.70. The number of hydrogen-bond donors (Lipinski definition) is 6. The second-order valence-electron chi connectivity index (χ2n) is 8.62. The minimum atomic E-state index is -5.19. The van der Waals surface area contributed by atoms with E-state index < -0.39 is 29.2 Å². The molecule has 0 saturated heterocycles. The fraction of sp³-hybridized carbons (Fsp3) is 0.217. The molecule has 0 saturated carbocycles. The van der Waals surface area contributed by atoms with Gasteiger partial charge in [-0.25, -0.2) is 13.7 Å². The van der Waals surface area contributed by atoms with Crippen molar-refractivity contribution < 1.29 is 70.8 Å². The third-order valence-corrected chi connectivity index (χ3v) is 6.53. The molecule has 0 fully saturated rings. The number of methoxy groups -OCH3 is 1. The predicted octanol–water partition coefficient (Wildman–Crippen LogP) is 4.93. The molecule has 0 atom stereocenters. The van der Waals surface area contributed by atoms with E-state index in [1.807, 2.05) is 0 Å². The zero-order valence-electron chi connectivity index (χ0n) is 22.2. The van der Waals surface area contributed by atoms with Crippen molar-refractivity contribution in [2.24, 2.45) is 0 Å². The Bertz CT molecular complexity index is 1600. The van der Waals surface area contributed by atoms with Gasteiger partial charge >= 0.3 is 23.5 Å². The molecule has 3 aromatic carbocycles. The van der Waals surface area contributed by atoms with E-state index in [0.717, 1.165) is 0 Å². The minimum absolute atomic E-state index is 0.00861. The molecular formula is C23H27O15P3. The maximum absolute atomic E-state index is 11.8. The lowest BCUT2D eigenvalue weighted by atomic mass is 10.1. The summed E-state index contributed by atoms with van der Waals surface area (Å²) in [5, 5.41) is 0. The van der Waals surface area contributed by atoms with Crippen LogP contribution in [0.25, 0.3) is 0 Å². The molecule has 3 aromatic rings. The van der Waals surface area contributed by atoms with E-state index >= 15 is 0 Å². The van der Waals surface area contributed by atoms with Crippen LogP contribution >= 0.6 is 23.5 Å². The summed E-state index contributed by atoms with van der Waals surface area (Å²) < 4.78 is 66.2. The summed E-state index contributed by atoms with van der Waals surface area (Å²) in [6, 6.07) is 8.29. The SMILES string of the molecule is COc1c(Oc2ccc(Oc3c(C)cc(C)cc3OP(=O)(O)O)c(C)c2OP(=O)(O)O)ccc(C)c1OP(=O)(O)O. The minimum Gasteiger partial charge on any atom is -0.490 e. The first-order chi connectivity index (χ1) is 18.8. The number of hydrogen-bond acceptors (Lipinski definition) is 9. The first kappa shape index (κ1) is 32.4. The van der Waals surface area contributed by atoms with Crippen LogP contribution in [0.4, 0.5) is 0 Å². The van der Waals surface area contributed by atoms with Gasteiger partial charge in [-0.05, 0) is 68.7 Å². The number of phosphoric ester groups is 3. The molecule has 224 valence electrons. The van der Waals surface area contributed by atoms with E-state index in [1.54, 1.807) is 19.9 Å². The number of rotatable bonds is 11. The van der Waals surface area contributed by atoms with E-state index in [0.29, 0.717) is 11.1 Å². The van der Waals surface area contributed by atoms with E-state index in [1.165, 1.54) is 51.3 Å². The Balaban J connectivity index is 2.14. The molecule has 0 spiro atoms. The molecule has 3 rings (SSSR count). The smallest absolute Gasteiger partial charge is 0.490 e. The van der Waals surface area contributed by atoms with Crippen LogP contribution in [0, 0.1) is 27.7 Å². The molecule has 18 heteroatoms. The van der Waals surface area contributed by atoms with Gasteiger partial charge in [0.05, 0.1) is 7.11 Å². The summed E-state index contributed by atoms with van der Waals surface area (Å²) in [6.45, 7) is 6.13. The molecule has 6 N–H and O–H groups in total. The van der Waals surface area contributed by atoms with Gasteiger partial charge in [0.1, 0.15) is 5.75 Å². The highest BCUT2D eigenvalue weighted by Gasteiger charge is 2.28. The third-order valence-electron chi connectivity index (χ3n) is 5.25. The average Bonchev–Trinajstić information content (AvgIpc) is 2.79. The second kappa shape index (κ2) is 12.0. The maximum atomic E-state index is 11.8. The van der Waals surface area contributed by atoms with Crippen LogP contribution in [0.15, 0.2) is 36.4 Å². The van der Waals surface area contributed by atoms with Crippen molar-refractivity contribution in [3.05, 3.63) is 58.7 Å². The first-order valence-corrected chi connectivity index (χ1v) is 15.9. The standard InChI is InChI=1S/C23H27O15P3/c1-12-10-14(3)20(19(11-12)36-39(24,25)26)35-16-8-9-17(22(15(16)4)38-41(30,31)32)34-18-7-6-13(2)21(23(18)33-5)37-40(27,28)29/h6-11H,1-5H3,(H2,24,25,26)(H2,27,28,29)(H2,30,31,32). The number of phosphoric acid groups is 3. The summed E-state index contributed by atoms with van der Waals surface area (Å²) in [5.74, 6) is -1.90. The highest BCUT2D eigenvalue weighted by molar-refractivity contribution is 7.47. The summed E-state index contributed by atoms with van der Waals surface area (Å²) in [4.78, 5) is 56.4. The van der Waals surface area contributed by atoms with Crippen LogP contribution in [-0.2, 0) is 13.7 Å². The van der Waals surface area contributed by atoms with E-state index in [2.05, 4.69) is 0 Å². The lowest BCUT2D eigenvalue weighted by Gasteiger charge is -2.21. The zero-order chi connectivity index (χ0) is 30.9. The molecular weight excluding hydrogens is 609 g/mol. The fourth-order valence-corrected chi connectivity index (χ4v) is 5.01. The van der Waals surface area contributed by atoms with Crippen molar-refractivity contribution in [3.63, 3.8) is 0 Å². The van der Waals surface area contributed by atoms with Gasteiger partial charge in [-0.2, -0.15) is 0 Å². The molecule has 0 unspecified atom stereocenters. The van der Waals surface area contributed by atoms with Crippen LogP contribution in [0.3, 0.4) is 0 Å². The summed E-state index contributed by atoms with van der Waals surface area (Å²) in [6.07, 6.45) is 0. The molecule has 0 heterocycles. The Labute approximate surface area is 233 Å². The Morgan fingerprint density at radius 2 is 1.05 bits per heavy atom. The molecule has 0 radical (unpaired) electrons. The number of aryl methyl sites for hydroxylation is 3. The lowest BCUT2D eigenvalue weighted by Crippen LogP contribution is -2.02. The first-order valence-electron chi connectivity index (χ1n) is 11.3. The van der Waals surface area contributed by atoms with Crippen molar-refractivity contribution in [2.75, 3.05) is 7.11 Å².